The SMILES string of the molecule is CC(C)(C)n1nnnc1N1CCC2(C1)C(=O)Nc1ccccc12. The van der Waals surface area contributed by atoms with Gasteiger partial charge in [-0.2, -0.15) is 0 Å². The van der Waals surface area contributed by atoms with Crippen LogP contribution in [0.1, 0.15) is 32.8 Å². The number of tetrazole rings is 1. The molecule has 2 aromatic rings. The largest absolute Gasteiger partial charge is 0.338 e. The molecule has 0 aliphatic carbocycles. The van der Waals surface area contributed by atoms with Crippen molar-refractivity contribution in [2.24, 2.45) is 0 Å². The van der Waals surface area contributed by atoms with Crippen LogP contribution in [-0.4, -0.2) is 39.2 Å². The molecule has 1 fully saturated rings. The van der Waals surface area contributed by atoms with Crippen molar-refractivity contribution in [2.45, 2.75) is 38.1 Å². The number of hydrogen-bond acceptors (Lipinski definition) is 5. The molecule has 23 heavy (non-hydrogen) atoms. The monoisotopic (exact) mass is 312 g/mol. The van der Waals surface area contributed by atoms with E-state index in [0.717, 1.165) is 30.2 Å². The maximum absolute atomic E-state index is 12.7. The number of nitrogens with zero attached hydrogens (tertiary/aromatic N) is 5. The number of anilines is 2. The van der Waals surface area contributed by atoms with Crippen LogP contribution in [0.2, 0.25) is 0 Å². The van der Waals surface area contributed by atoms with Crippen LogP contribution in [0.5, 0.6) is 0 Å². The van der Waals surface area contributed by atoms with Gasteiger partial charge in [-0.1, -0.05) is 23.3 Å². The maximum Gasteiger partial charge on any atom is 0.246 e. The first-order valence-electron chi connectivity index (χ1n) is 7.87. The molecule has 3 heterocycles. The number of fused-ring (bicyclic) bond motifs is 2. The van der Waals surface area contributed by atoms with Crippen molar-refractivity contribution in [1.29, 1.82) is 0 Å². The third-order valence-electron chi connectivity index (χ3n) is 4.77. The highest BCUT2D eigenvalue weighted by molar-refractivity contribution is 6.07. The fourth-order valence-corrected chi connectivity index (χ4v) is 3.57. The summed E-state index contributed by atoms with van der Waals surface area (Å²) in [7, 11) is 0. The molecule has 1 unspecified atom stereocenters. The summed E-state index contributed by atoms with van der Waals surface area (Å²) in [5.41, 5.74) is 1.31. The minimum absolute atomic E-state index is 0.0796. The number of rotatable bonds is 1. The number of carbonyl (C=O) groups is 1. The van der Waals surface area contributed by atoms with Crippen LogP contribution in [0.3, 0.4) is 0 Å². The molecule has 120 valence electrons. The van der Waals surface area contributed by atoms with Gasteiger partial charge < -0.3 is 10.2 Å². The van der Waals surface area contributed by atoms with Gasteiger partial charge in [0, 0.05) is 18.8 Å². The van der Waals surface area contributed by atoms with Crippen molar-refractivity contribution in [3.63, 3.8) is 0 Å². The first-order chi connectivity index (χ1) is 10.9. The lowest BCUT2D eigenvalue weighted by Crippen LogP contribution is -2.39. The average Bonchev–Trinajstić information content (AvgIpc) is 3.19. The molecule has 2 aliphatic rings. The standard InChI is InChI=1S/C16H20N6O/c1-15(2,3)22-14(18-19-20-22)21-9-8-16(10-21)11-6-4-5-7-12(11)17-13(16)23/h4-7H,8-10H2,1-3H3,(H,17,23). The van der Waals surface area contributed by atoms with Crippen molar-refractivity contribution in [3.05, 3.63) is 29.8 Å². The van der Waals surface area contributed by atoms with Crippen LogP contribution in [0.25, 0.3) is 0 Å². The number of hydrogen-bond donors (Lipinski definition) is 1. The number of amides is 1. The van der Waals surface area contributed by atoms with Crippen molar-refractivity contribution in [3.8, 4) is 0 Å². The van der Waals surface area contributed by atoms with Crippen LogP contribution in [0.15, 0.2) is 24.3 Å². The molecule has 1 aromatic heterocycles. The van der Waals surface area contributed by atoms with Gasteiger partial charge in [-0.05, 0) is 49.2 Å². The third kappa shape index (κ3) is 1.95. The number of aromatic nitrogens is 4. The van der Waals surface area contributed by atoms with Crippen LogP contribution >= 0.6 is 0 Å². The summed E-state index contributed by atoms with van der Waals surface area (Å²) >= 11 is 0. The van der Waals surface area contributed by atoms with E-state index in [1.165, 1.54) is 0 Å². The molecule has 0 radical (unpaired) electrons. The van der Waals surface area contributed by atoms with Gasteiger partial charge in [-0.25, -0.2) is 4.68 Å². The van der Waals surface area contributed by atoms with E-state index in [-0.39, 0.29) is 11.4 Å². The second-order valence-corrected chi connectivity index (χ2v) is 7.31. The highest BCUT2D eigenvalue weighted by Crippen LogP contribution is 2.44. The molecule has 0 saturated carbocycles. The number of benzene rings is 1. The van der Waals surface area contributed by atoms with Gasteiger partial charge in [0.05, 0.1) is 11.0 Å². The zero-order chi connectivity index (χ0) is 16.2. The summed E-state index contributed by atoms with van der Waals surface area (Å²) in [4.78, 5) is 14.8. The quantitative estimate of drug-likeness (QED) is 0.864. The number of para-hydroxylation sites is 1. The van der Waals surface area contributed by atoms with Gasteiger partial charge in [0.15, 0.2) is 0 Å². The number of carbonyl (C=O) groups excluding carboxylic acids is 1. The van der Waals surface area contributed by atoms with Gasteiger partial charge in [0.2, 0.25) is 11.9 Å². The highest BCUT2D eigenvalue weighted by Gasteiger charge is 2.52. The van der Waals surface area contributed by atoms with Gasteiger partial charge >= 0.3 is 0 Å². The minimum atomic E-state index is -0.495. The predicted molar refractivity (Wildman–Crippen MR) is 86.4 cm³/mol. The van der Waals surface area contributed by atoms with E-state index >= 15 is 0 Å². The molecule has 7 heteroatoms. The molecule has 1 N–H and O–H groups in total. The summed E-state index contributed by atoms with van der Waals surface area (Å²) < 4.78 is 1.82. The van der Waals surface area contributed by atoms with Crippen LogP contribution in [0, 0.1) is 0 Å². The van der Waals surface area contributed by atoms with Gasteiger partial charge in [-0.15, -0.1) is 0 Å². The molecule has 2 aliphatic heterocycles. The first kappa shape index (κ1) is 14.2. The normalized spacial score (nSPS) is 23.4. The average molecular weight is 312 g/mol. The van der Waals surface area contributed by atoms with Gasteiger partial charge in [0.1, 0.15) is 0 Å². The van der Waals surface area contributed by atoms with Crippen LogP contribution < -0.4 is 10.2 Å². The van der Waals surface area contributed by atoms with Crippen molar-refractivity contribution in [2.75, 3.05) is 23.3 Å². The van der Waals surface area contributed by atoms with Gasteiger partial charge in [0.25, 0.3) is 0 Å². The van der Waals surface area contributed by atoms with E-state index in [0.29, 0.717) is 6.54 Å². The predicted octanol–water partition coefficient (Wildman–Crippen LogP) is 1.53. The molecule has 1 amide bonds. The topological polar surface area (TPSA) is 75.9 Å². The molecule has 7 nitrogen and oxygen atoms in total. The van der Waals surface area contributed by atoms with Crippen molar-refractivity contribution in [1.82, 2.24) is 20.2 Å². The summed E-state index contributed by atoms with van der Waals surface area (Å²) in [6, 6.07) is 7.95. The minimum Gasteiger partial charge on any atom is -0.338 e. The second-order valence-electron chi connectivity index (χ2n) is 7.31. The summed E-state index contributed by atoms with van der Waals surface area (Å²) in [6.45, 7) is 7.56. The lowest BCUT2D eigenvalue weighted by atomic mass is 9.81. The van der Waals surface area contributed by atoms with E-state index < -0.39 is 5.41 Å². The molecule has 0 bridgehead atoms. The van der Waals surface area contributed by atoms with E-state index in [1.807, 2.05) is 28.9 Å². The Balaban J connectivity index is 1.71. The van der Waals surface area contributed by atoms with E-state index in [2.05, 4.69) is 46.5 Å². The first-order valence-corrected chi connectivity index (χ1v) is 7.87. The molecule has 1 spiro atoms. The van der Waals surface area contributed by atoms with Crippen LogP contribution in [0.4, 0.5) is 11.6 Å². The zero-order valence-electron chi connectivity index (χ0n) is 13.6. The lowest BCUT2D eigenvalue weighted by Gasteiger charge is -2.26. The molecule has 1 atom stereocenters. The molecular weight excluding hydrogens is 292 g/mol. The summed E-state index contributed by atoms with van der Waals surface area (Å²) in [6.07, 6.45) is 0.771. The fourth-order valence-electron chi connectivity index (χ4n) is 3.57. The Morgan fingerprint density at radius 3 is 2.83 bits per heavy atom. The summed E-state index contributed by atoms with van der Waals surface area (Å²) in [5, 5.41) is 15.2. The number of nitrogens with one attached hydrogen (secondary N) is 1. The Bertz CT molecular complexity index is 777. The Morgan fingerprint density at radius 2 is 2.04 bits per heavy atom. The Labute approximate surface area is 134 Å². The molecule has 4 rings (SSSR count). The lowest BCUT2D eigenvalue weighted by molar-refractivity contribution is -0.120. The van der Waals surface area contributed by atoms with Crippen molar-refractivity contribution < 1.29 is 4.79 Å². The van der Waals surface area contributed by atoms with Crippen molar-refractivity contribution >= 4 is 17.5 Å². The Kier molecular flexibility index (Phi) is 2.79. The molecule has 1 aromatic carbocycles. The smallest absolute Gasteiger partial charge is 0.246 e. The maximum atomic E-state index is 12.7. The third-order valence-corrected chi connectivity index (χ3v) is 4.77. The Morgan fingerprint density at radius 1 is 1.26 bits per heavy atom. The van der Waals surface area contributed by atoms with E-state index in [1.54, 1.807) is 0 Å². The zero-order valence-corrected chi connectivity index (χ0v) is 13.6. The van der Waals surface area contributed by atoms with Crippen LogP contribution in [-0.2, 0) is 15.7 Å². The fraction of sp³-hybridized carbons (Fsp3) is 0.500. The highest BCUT2D eigenvalue weighted by atomic mass is 16.2. The summed E-state index contributed by atoms with van der Waals surface area (Å²) in [5.74, 6) is 0.808. The van der Waals surface area contributed by atoms with E-state index in [4.69, 9.17) is 0 Å². The van der Waals surface area contributed by atoms with E-state index in [9.17, 15) is 4.79 Å². The Hall–Kier alpha value is -2.44. The second kappa shape index (κ2) is 4.53. The molecule has 1 saturated heterocycles. The van der Waals surface area contributed by atoms with Gasteiger partial charge in [-0.3, -0.25) is 4.79 Å². The molecular formula is C16H20N6O.